The standard InChI is InChI=1S/C11H6N4O3S2/c16-15(17)8-6-12-11(19-8)20-10-14-13-9(18-10)7-4-2-1-3-5-7/h1-6H. The normalized spacial score (nSPS) is 10.6. The lowest BCUT2D eigenvalue weighted by Gasteiger charge is -1.91. The first-order valence-electron chi connectivity index (χ1n) is 5.39. The molecule has 7 nitrogen and oxygen atoms in total. The van der Waals surface area contributed by atoms with E-state index in [0.717, 1.165) is 28.7 Å². The van der Waals surface area contributed by atoms with E-state index in [-0.39, 0.29) is 5.00 Å². The second-order valence-electron chi connectivity index (χ2n) is 3.56. The summed E-state index contributed by atoms with van der Waals surface area (Å²) in [4.78, 5) is 14.0. The van der Waals surface area contributed by atoms with Crippen molar-refractivity contribution in [2.75, 3.05) is 0 Å². The Morgan fingerprint density at radius 3 is 2.75 bits per heavy atom. The first-order valence-corrected chi connectivity index (χ1v) is 7.02. The van der Waals surface area contributed by atoms with Gasteiger partial charge in [0, 0.05) is 17.3 Å². The Kier molecular flexibility index (Phi) is 3.44. The number of nitro groups is 1. The molecule has 3 aromatic rings. The van der Waals surface area contributed by atoms with E-state index in [0.29, 0.717) is 15.5 Å². The molecule has 0 unspecified atom stereocenters. The van der Waals surface area contributed by atoms with Gasteiger partial charge in [0.25, 0.3) is 5.22 Å². The first kappa shape index (κ1) is 12.8. The van der Waals surface area contributed by atoms with Crippen LogP contribution in [0.1, 0.15) is 0 Å². The zero-order valence-corrected chi connectivity index (χ0v) is 11.4. The Hall–Kier alpha value is -2.26. The van der Waals surface area contributed by atoms with Crippen LogP contribution in [0, 0.1) is 10.1 Å². The molecule has 3 rings (SSSR count). The summed E-state index contributed by atoms with van der Waals surface area (Å²) in [6.45, 7) is 0. The summed E-state index contributed by atoms with van der Waals surface area (Å²) in [5.74, 6) is 0.402. The lowest BCUT2D eigenvalue weighted by atomic mass is 10.2. The fraction of sp³-hybridized carbons (Fsp3) is 0. The number of aromatic nitrogens is 3. The summed E-state index contributed by atoms with van der Waals surface area (Å²) >= 11 is 2.07. The summed E-state index contributed by atoms with van der Waals surface area (Å²) in [5.41, 5.74) is 0.817. The van der Waals surface area contributed by atoms with E-state index in [1.807, 2.05) is 30.3 Å². The third-order valence-electron chi connectivity index (χ3n) is 2.25. The second kappa shape index (κ2) is 5.39. The maximum absolute atomic E-state index is 10.6. The minimum Gasteiger partial charge on any atom is -0.411 e. The summed E-state index contributed by atoms with van der Waals surface area (Å²) in [6.07, 6.45) is 1.21. The highest BCUT2D eigenvalue weighted by atomic mass is 32.2. The van der Waals surface area contributed by atoms with Crippen LogP contribution in [0.2, 0.25) is 0 Å². The molecule has 0 saturated heterocycles. The van der Waals surface area contributed by atoms with Crippen molar-refractivity contribution < 1.29 is 9.34 Å². The molecule has 0 bridgehead atoms. The molecule has 0 aliphatic heterocycles. The third kappa shape index (κ3) is 2.68. The predicted octanol–water partition coefficient (Wildman–Crippen LogP) is 3.25. The van der Waals surface area contributed by atoms with Crippen LogP contribution in [-0.2, 0) is 0 Å². The van der Waals surface area contributed by atoms with Gasteiger partial charge in [0.1, 0.15) is 6.20 Å². The zero-order chi connectivity index (χ0) is 13.9. The van der Waals surface area contributed by atoms with Crippen LogP contribution in [0.3, 0.4) is 0 Å². The van der Waals surface area contributed by atoms with Gasteiger partial charge in [-0.1, -0.05) is 18.2 Å². The van der Waals surface area contributed by atoms with Crippen LogP contribution >= 0.6 is 23.1 Å². The van der Waals surface area contributed by atoms with Crippen LogP contribution in [0.5, 0.6) is 0 Å². The summed E-state index contributed by atoms with van der Waals surface area (Å²) in [5, 5.41) is 18.7. The molecule has 0 aliphatic rings. The van der Waals surface area contributed by atoms with Gasteiger partial charge in [-0.15, -0.1) is 10.2 Å². The van der Waals surface area contributed by atoms with Gasteiger partial charge in [-0.2, -0.15) is 0 Å². The highest BCUT2D eigenvalue weighted by Crippen LogP contribution is 2.34. The second-order valence-corrected chi connectivity index (χ2v) is 5.77. The maximum Gasteiger partial charge on any atom is 0.344 e. The van der Waals surface area contributed by atoms with Crippen molar-refractivity contribution in [2.24, 2.45) is 0 Å². The molecule has 0 amide bonds. The molecule has 0 N–H and O–H groups in total. The maximum atomic E-state index is 10.6. The van der Waals surface area contributed by atoms with Gasteiger partial charge in [0.2, 0.25) is 5.89 Å². The van der Waals surface area contributed by atoms with E-state index in [2.05, 4.69) is 15.2 Å². The summed E-state index contributed by atoms with van der Waals surface area (Å²) < 4.78 is 5.97. The number of hydrogen-bond donors (Lipinski definition) is 0. The predicted molar refractivity (Wildman–Crippen MR) is 72.6 cm³/mol. The highest BCUT2D eigenvalue weighted by molar-refractivity contribution is 8.00. The zero-order valence-electron chi connectivity index (χ0n) is 9.79. The first-order chi connectivity index (χ1) is 9.72. The number of nitrogens with zero attached hydrogens (tertiary/aromatic N) is 4. The van der Waals surface area contributed by atoms with Gasteiger partial charge in [0.05, 0.1) is 4.92 Å². The minimum absolute atomic E-state index is 0.0182. The van der Waals surface area contributed by atoms with Gasteiger partial charge in [0.15, 0.2) is 4.34 Å². The molecule has 9 heteroatoms. The number of thiazole rings is 1. The fourth-order valence-electron chi connectivity index (χ4n) is 1.40. The molecule has 0 radical (unpaired) electrons. The topological polar surface area (TPSA) is 95.0 Å². The van der Waals surface area contributed by atoms with E-state index in [4.69, 9.17) is 4.42 Å². The van der Waals surface area contributed by atoms with Crippen LogP contribution in [0.15, 0.2) is 50.5 Å². The average molecular weight is 306 g/mol. The lowest BCUT2D eigenvalue weighted by Crippen LogP contribution is -1.80. The van der Waals surface area contributed by atoms with Crippen molar-refractivity contribution in [1.29, 1.82) is 0 Å². The molecule has 2 aromatic heterocycles. The molecule has 1 aromatic carbocycles. The largest absolute Gasteiger partial charge is 0.411 e. The van der Waals surface area contributed by atoms with Crippen LogP contribution in [0.4, 0.5) is 5.00 Å². The van der Waals surface area contributed by atoms with Crippen LogP contribution in [0.25, 0.3) is 11.5 Å². The van der Waals surface area contributed by atoms with Crippen molar-refractivity contribution in [1.82, 2.24) is 15.2 Å². The molecule has 2 heterocycles. The monoisotopic (exact) mass is 306 g/mol. The summed E-state index contributed by atoms with van der Waals surface area (Å²) in [7, 11) is 0. The van der Waals surface area contributed by atoms with E-state index >= 15 is 0 Å². The molecular formula is C11H6N4O3S2. The highest BCUT2D eigenvalue weighted by Gasteiger charge is 2.15. The smallest absolute Gasteiger partial charge is 0.344 e. The van der Waals surface area contributed by atoms with E-state index in [1.54, 1.807) is 0 Å². The van der Waals surface area contributed by atoms with Gasteiger partial charge < -0.3 is 4.42 Å². The van der Waals surface area contributed by atoms with Gasteiger partial charge >= 0.3 is 5.00 Å². The molecule has 0 aliphatic carbocycles. The Labute approximate surface area is 120 Å². The Morgan fingerprint density at radius 2 is 2.05 bits per heavy atom. The molecule has 100 valence electrons. The SMILES string of the molecule is O=[N+]([O-])c1cnc(Sc2nnc(-c3ccccc3)o2)s1. The van der Waals surface area contributed by atoms with Gasteiger partial charge in [-0.3, -0.25) is 10.1 Å². The van der Waals surface area contributed by atoms with Gasteiger partial charge in [-0.25, -0.2) is 4.98 Å². The minimum atomic E-state index is -0.481. The Balaban J connectivity index is 1.78. The van der Waals surface area contributed by atoms with Crippen molar-refractivity contribution >= 4 is 28.1 Å². The molecule has 20 heavy (non-hydrogen) atoms. The third-order valence-corrected chi connectivity index (χ3v) is 4.12. The Morgan fingerprint density at radius 1 is 1.25 bits per heavy atom. The van der Waals surface area contributed by atoms with Crippen molar-refractivity contribution in [3.8, 4) is 11.5 Å². The molecule has 0 saturated carbocycles. The number of benzene rings is 1. The quantitative estimate of drug-likeness (QED) is 0.539. The number of rotatable bonds is 4. The number of hydrogen-bond acceptors (Lipinski definition) is 8. The van der Waals surface area contributed by atoms with Crippen LogP contribution in [-0.4, -0.2) is 20.1 Å². The van der Waals surface area contributed by atoms with E-state index in [1.165, 1.54) is 6.20 Å². The fourth-order valence-corrected chi connectivity index (χ4v) is 2.96. The molecule has 0 fully saturated rings. The van der Waals surface area contributed by atoms with Crippen molar-refractivity contribution in [3.05, 3.63) is 46.6 Å². The van der Waals surface area contributed by atoms with Gasteiger partial charge in [-0.05, 0) is 23.5 Å². The summed E-state index contributed by atoms with van der Waals surface area (Å²) in [6, 6.07) is 9.35. The lowest BCUT2D eigenvalue weighted by molar-refractivity contribution is -0.380. The molecule has 0 atom stereocenters. The molecular weight excluding hydrogens is 300 g/mol. The van der Waals surface area contributed by atoms with Crippen molar-refractivity contribution in [3.63, 3.8) is 0 Å². The Bertz CT molecular complexity index is 741. The van der Waals surface area contributed by atoms with E-state index in [9.17, 15) is 10.1 Å². The molecule has 0 spiro atoms. The average Bonchev–Trinajstić information content (AvgIpc) is 3.10. The van der Waals surface area contributed by atoms with Crippen LogP contribution < -0.4 is 0 Å². The van der Waals surface area contributed by atoms with Crippen molar-refractivity contribution in [2.45, 2.75) is 9.56 Å². The van der Waals surface area contributed by atoms with E-state index < -0.39 is 4.92 Å².